The molecule has 0 atom stereocenters. The maximum absolute atomic E-state index is 11.6. The van der Waals surface area contributed by atoms with Crippen molar-refractivity contribution in [2.45, 2.75) is 44.9 Å². The number of piperidine rings is 1. The summed E-state index contributed by atoms with van der Waals surface area (Å²) in [5.74, 6) is -0.285. The van der Waals surface area contributed by atoms with E-state index in [0.29, 0.717) is 11.0 Å². The van der Waals surface area contributed by atoms with E-state index in [9.17, 15) is 4.79 Å². The zero-order valence-corrected chi connectivity index (χ0v) is 13.3. The Morgan fingerprint density at radius 1 is 1.05 bits per heavy atom. The first-order valence-corrected chi connectivity index (χ1v) is 8.52. The van der Waals surface area contributed by atoms with Gasteiger partial charge in [0.05, 0.1) is 5.52 Å². The fourth-order valence-electron chi connectivity index (χ4n) is 4.36. The Morgan fingerprint density at radius 2 is 1.77 bits per heavy atom. The molecule has 1 spiro atoms. The monoisotopic (exact) mass is 300 g/mol. The van der Waals surface area contributed by atoms with Crippen molar-refractivity contribution in [2.75, 3.05) is 18.0 Å². The van der Waals surface area contributed by atoms with E-state index in [-0.39, 0.29) is 5.76 Å². The van der Waals surface area contributed by atoms with E-state index >= 15 is 0 Å². The van der Waals surface area contributed by atoms with Crippen molar-refractivity contribution >= 4 is 16.8 Å². The van der Waals surface area contributed by atoms with Gasteiger partial charge in [-0.05, 0) is 43.2 Å². The topological polar surface area (TPSA) is 38.4 Å². The van der Waals surface area contributed by atoms with Crippen LogP contribution in [0.2, 0.25) is 0 Å². The summed E-state index contributed by atoms with van der Waals surface area (Å²) < 4.78 is 6.88. The molecule has 1 saturated carbocycles. The average molecular weight is 300 g/mol. The van der Waals surface area contributed by atoms with E-state index < -0.39 is 0 Å². The molecule has 4 heteroatoms. The van der Waals surface area contributed by atoms with E-state index in [1.807, 2.05) is 12.1 Å². The van der Waals surface area contributed by atoms with Gasteiger partial charge in [0, 0.05) is 31.9 Å². The minimum atomic E-state index is -0.285. The van der Waals surface area contributed by atoms with Crippen LogP contribution in [0.4, 0.5) is 5.69 Å². The predicted octanol–water partition coefficient (Wildman–Crippen LogP) is 3.68. The Bertz CT molecular complexity index is 727. The maximum atomic E-state index is 11.6. The number of fused-ring (bicyclic) bond motifs is 1. The van der Waals surface area contributed by atoms with Crippen molar-refractivity contribution in [2.24, 2.45) is 12.5 Å². The van der Waals surface area contributed by atoms with Crippen molar-refractivity contribution in [1.29, 1.82) is 0 Å². The molecule has 0 bridgehead atoms. The summed E-state index contributed by atoms with van der Waals surface area (Å²) in [6, 6.07) is 6.15. The number of hydrogen-bond donors (Lipinski definition) is 0. The first-order chi connectivity index (χ1) is 10.7. The number of nitrogens with zero attached hydrogens (tertiary/aromatic N) is 2. The maximum Gasteiger partial charge on any atom is 0.419 e. The van der Waals surface area contributed by atoms with E-state index in [2.05, 4.69) is 11.0 Å². The normalized spacial score (nSPS) is 21.6. The largest absolute Gasteiger partial charge is 0.419 e. The zero-order chi connectivity index (χ0) is 15.2. The molecule has 1 saturated heterocycles. The molecule has 2 fully saturated rings. The highest BCUT2D eigenvalue weighted by molar-refractivity contribution is 5.77. The van der Waals surface area contributed by atoms with E-state index in [1.54, 1.807) is 11.6 Å². The van der Waals surface area contributed by atoms with Crippen LogP contribution >= 0.6 is 0 Å². The number of aryl methyl sites for hydroxylation is 1. The number of rotatable bonds is 1. The fourth-order valence-corrected chi connectivity index (χ4v) is 4.36. The number of oxazole rings is 1. The fraction of sp³-hybridized carbons (Fsp3) is 0.611. The number of hydrogen-bond acceptors (Lipinski definition) is 3. The van der Waals surface area contributed by atoms with Crippen LogP contribution in [-0.2, 0) is 7.05 Å². The minimum Gasteiger partial charge on any atom is -0.408 e. The van der Waals surface area contributed by atoms with Gasteiger partial charge in [-0.3, -0.25) is 4.57 Å². The first kappa shape index (κ1) is 13.9. The molecule has 0 N–H and O–H groups in total. The van der Waals surface area contributed by atoms with Gasteiger partial charge in [0.15, 0.2) is 5.58 Å². The molecule has 4 rings (SSSR count). The Morgan fingerprint density at radius 3 is 2.50 bits per heavy atom. The lowest BCUT2D eigenvalue weighted by atomic mass is 9.68. The second-order valence-corrected chi connectivity index (χ2v) is 7.13. The van der Waals surface area contributed by atoms with Gasteiger partial charge in [-0.2, -0.15) is 0 Å². The second kappa shape index (κ2) is 5.18. The highest BCUT2D eigenvalue weighted by atomic mass is 16.4. The van der Waals surface area contributed by atoms with Gasteiger partial charge in [-0.25, -0.2) is 4.79 Å². The third-order valence-electron chi connectivity index (χ3n) is 5.88. The summed E-state index contributed by atoms with van der Waals surface area (Å²) in [5.41, 5.74) is 3.38. The molecule has 118 valence electrons. The molecule has 0 amide bonds. The average Bonchev–Trinajstić information content (AvgIpc) is 2.83. The van der Waals surface area contributed by atoms with Gasteiger partial charge in [0.25, 0.3) is 0 Å². The molecule has 0 unspecified atom stereocenters. The van der Waals surface area contributed by atoms with Gasteiger partial charge in [-0.1, -0.05) is 19.3 Å². The molecule has 2 aliphatic rings. The van der Waals surface area contributed by atoms with E-state index in [4.69, 9.17) is 4.42 Å². The third kappa shape index (κ3) is 2.25. The summed E-state index contributed by atoms with van der Waals surface area (Å²) in [5, 5.41) is 0. The minimum absolute atomic E-state index is 0.285. The molecule has 22 heavy (non-hydrogen) atoms. The Balaban J connectivity index is 1.54. The lowest BCUT2D eigenvalue weighted by Gasteiger charge is -2.45. The number of anilines is 1. The third-order valence-corrected chi connectivity index (χ3v) is 5.88. The number of aromatic nitrogens is 1. The molecule has 1 aliphatic carbocycles. The standard InChI is InChI=1S/C18H24N2O2/c1-19-15-6-5-14(13-16(15)22-17(19)21)20-11-9-18(10-12-20)7-3-2-4-8-18/h5-6,13H,2-4,7-12H2,1H3. The van der Waals surface area contributed by atoms with Crippen LogP contribution < -0.4 is 10.7 Å². The van der Waals surface area contributed by atoms with Crippen molar-refractivity contribution in [3.05, 3.63) is 28.7 Å². The van der Waals surface area contributed by atoms with Crippen LogP contribution in [0.25, 0.3) is 11.1 Å². The van der Waals surface area contributed by atoms with Crippen LogP contribution in [0.3, 0.4) is 0 Å². The summed E-state index contributed by atoms with van der Waals surface area (Å²) in [7, 11) is 1.75. The lowest BCUT2D eigenvalue weighted by molar-refractivity contribution is 0.144. The molecule has 1 aliphatic heterocycles. The smallest absolute Gasteiger partial charge is 0.408 e. The summed E-state index contributed by atoms with van der Waals surface area (Å²) >= 11 is 0. The van der Waals surface area contributed by atoms with E-state index in [0.717, 1.165) is 18.6 Å². The molecule has 2 heterocycles. The summed E-state index contributed by atoms with van der Waals surface area (Å²) in [4.78, 5) is 14.1. The quantitative estimate of drug-likeness (QED) is 0.806. The predicted molar refractivity (Wildman–Crippen MR) is 88.4 cm³/mol. The molecular weight excluding hydrogens is 276 g/mol. The molecular formula is C18H24N2O2. The first-order valence-electron chi connectivity index (χ1n) is 8.52. The van der Waals surface area contributed by atoms with Crippen LogP contribution in [-0.4, -0.2) is 17.7 Å². The Kier molecular flexibility index (Phi) is 3.28. The number of benzene rings is 1. The highest BCUT2D eigenvalue weighted by Crippen LogP contribution is 2.45. The van der Waals surface area contributed by atoms with Gasteiger partial charge < -0.3 is 9.32 Å². The van der Waals surface area contributed by atoms with Crippen LogP contribution in [0.1, 0.15) is 44.9 Å². The van der Waals surface area contributed by atoms with Crippen molar-refractivity contribution < 1.29 is 4.42 Å². The summed E-state index contributed by atoms with van der Waals surface area (Å²) in [6.07, 6.45) is 9.73. The summed E-state index contributed by atoms with van der Waals surface area (Å²) in [6.45, 7) is 2.26. The van der Waals surface area contributed by atoms with Gasteiger partial charge in [0.1, 0.15) is 0 Å². The Labute approximate surface area is 130 Å². The molecule has 4 nitrogen and oxygen atoms in total. The molecule has 2 aromatic rings. The van der Waals surface area contributed by atoms with Crippen LogP contribution in [0, 0.1) is 5.41 Å². The molecule has 0 radical (unpaired) electrons. The molecule has 1 aromatic heterocycles. The second-order valence-electron chi connectivity index (χ2n) is 7.13. The zero-order valence-electron chi connectivity index (χ0n) is 13.3. The van der Waals surface area contributed by atoms with Crippen LogP contribution in [0.15, 0.2) is 27.4 Å². The lowest BCUT2D eigenvalue weighted by Crippen LogP contribution is -2.41. The van der Waals surface area contributed by atoms with Gasteiger partial charge in [0.2, 0.25) is 0 Å². The van der Waals surface area contributed by atoms with Crippen molar-refractivity contribution in [3.8, 4) is 0 Å². The van der Waals surface area contributed by atoms with Crippen molar-refractivity contribution in [1.82, 2.24) is 4.57 Å². The van der Waals surface area contributed by atoms with Gasteiger partial charge in [-0.15, -0.1) is 0 Å². The van der Waals surface area contributed by atoms with Gasteiger partial charge >= 0.3 is 5.76 Å². The SMILES string of the molecule is Cn1c(=O)oc2cc(N3CCC4(CCCCC4)CC3)ccc21. The highest BCUT2D eigenvalue weighted by Gasteiger charge is 2.35. The van der Waals surface area contributed by atoms with Crippen molar-refractivity contribution in [3.63, 3.8) is 0 Å². The Hall–Kier alpha value is -1.71. The van der Waals surface area contributed by atoms with Crippen LogP contribution in [0.5, 0.6) is 0 Å². The van der Waals surface area contributed by atoms with E-state index in [1.165, 1.54) is 50.6 Å². The molecule has 1 aromatic carbocycles.